The maximum absolute atomic E-state index is 4.34. The summed E-state index contributed by atoms with van der Waals surface area (Å²) < 4.78 is 0. The van der Waals surface area contributed by atoms with Crippen molar-refractivity contribution in [2.75, 3.05) is 11.9 Å². The van der Waals surface area contributed by atoms with Crippen molar-refractivity contribution < 1.29 is 0 Å². The molecule has 0 saturated heterocycles. The predicted molar refractivity (Wildman–Crippen MR) is 82.3 cm³/mol. The lowest BCUT2D eigenvalue weighted by molar-refractivity contribution is 0.571. The molecule has 3 aromatic rings. The number of rotatable bonds is 3. The van der Waals surface area contributed by atoms with Crippen LogP contribution in [0.3, 0.4) is 0 Å². The van der Waals surface area contributed by atoms with E-state index in [2.05, 4.69) is 49.7 Å². The van der Waals surface area contributed by atoms with Crippen molar-refractivity contribution >= 4 is 16.9 Å². The van der Waals surface area contributed by atoms with Crippen LogP contribution >= 0.6 is 0 Å². The van der Waals surface area contributed by atoms with Crippen molar-refractivity contribution in [2.45, 2.75) is 25.2 Å². The summed E-state index contributed by atoms with van der Waals surface area (Å²) in [6.07, 6.45) is 7.02. The van der Waals surface area contributed by atoms with E-state index >= 15 is 0 Å². The van der Waals surface area contributed by atoms with Crippen LogP contribution in [0.1, 0.15) is 29.9 Å². The van der Waals surface area contributed by atoms with E-state index in [1.165, 1.54) is 30.4 Å². The molecular weight excluding hydrogens is 262 g/mol. The molecule has 2 heterocycles. The lowest BCUT2D eigenvalue weighted by Gasteiger charge is -2.25. The van der Waals surface area contributed by atoms with E-state index in [-0.39, 0.29) is 0 Å². The van der Waals surface area contributed by atoms with E-state index in [1.54, 1.807) is 12.5 Å². The van der Waals surface area contributed by atoms with Gasteiger partial charge in [0.1, 0.15) is 12.1 Å². The van der Waals surface area contributed by atoms with Gasteiger partial charge in [-0.1, -0.05) is 24.3 Å². The predicted octanol–water partition coefficient (Wildman–Crippen LogP) is 2.88. The van der Waals surface area contributed by atoms with Crippen molar-refractivity contribution in [1.29, 1.82) is 0 Å². The third kappa shape index (κ3) is 2.24. The molecule has 4 rings (SSSR count). The molecule has 0 fully saturated rings. The van der Waals surface area contributed by atoms with Gasteiger partial charge in [-0.25, -0.2) is 9.97 Å². The summed E-state index contributed by atoms with van der Waals surface area (Å²) in [7, 11) is 0. The summed E-state index contributed by atoms with van der Waals surface area (Å²) in [6.45, 7) is 0.897. The van der Waals surface area contributed by atoms with Gasteiger partial charge in [-0.3, -0.25) is 5.10 Å². The van der Waals surface area contributed by atoms with Gasteiger partial charge in [0.2, 0.25) is 0 Å². The van der Waals surface area contributed by atoms with Gasteiger partial charge in [0.25, 0.3) is 0 Å². The summed E-state index contributed by atoms with van der Waals surface area (Å²) >= 11 is 0. The van der Waals surface area contributed by atoms with Gasteiger partial charge in [0, 0.05) is 12.5 Å². The van der Waals surface area contributed by atoms with E-state index in [0.29, 0.717) is 5.92 Å². The largest absolute Gasteiger partial charge is 0.369 e. The number of nitrogens with one attached hydrogen (secondary N) is 2. The van der Waals surface area contributed by atoms with E-state index < -0.39 is 0 Å². The van der Waals surface area contributed by atoms with Crippen molar-refractivity contribution in [2.24, 2.45) is 0 Å². The minimum absolute atomic E-state index is 0.548. The molecule has 0 amide bonds. The molecular formula is C16H17N5. The Morgan fingerprint density at radius 2 is 2.19 bits per heavy atom. The molecule has 1 aliphatic carbocycles. The van der Waals surface area contributed by atoms with Gasteiger partial charge in [0.15, 0.2) is 5.65 Å². The smallest absolute Gasteiger partial charge is 0.160 e. The first kappa shape index (κ1) is 12.3. The first-order chi connectivity index (χ1) is 10.4. The van der Waals surface area contributed by atoms with E-state index in [4.69, 9.17) is 0 Å². The number of aromatic nitrogens is 4. The number of aryl methyl sites for hydroxylation is 1. The standard InChI is InChI=1S/C16H17N5/c1-2-7-13-11(4-1)5-3-6-12(13)8-17-15-14-9-20-21-16(14)19-10-18-15/h1-2,4,7,9-10,12H,3,5-6,8H2,(H2,17,18,19,20,21). The molecule has 0 radical (unpaired) electrons. The Labute approximate surface area is 122 Å². The van der Waals surface area contributed by atoms with Crippen LogP contribution in [0.2, 0.25) is 0 Å². The zero-order chi connectivity index (χ0) is 14.1. The second-order valence-electron chi connectivity index (χ2n) is 5.52. The van der Waals surface area contributed by atoms with Gasteiger partial charge in [-0.15, -0.1) is 0 Å². The molecule has 0 bridgehead atoms. The highest BCUT2D eigenvalue weighted by molar-refractivity contribution is 5.85. The molecule has 1 aromatic carbocycles. The summed E-state index contributed by atoms with van der Waals surface area (Å²) in [5, 5.41) is 11.3. The maximum atomic E-state index is 4.34. The average Bonchev–Trinajstić information content (AvgIpc) is 3.02. The Hall–Kier alpha value is -2.43. The van der Waals surface area contributed by atoms with Crippen LogP contribution < -0.4 is 5.32 Å². The van der Waals surface area contributed by atoms with E-state index in [1.807, 2.05) is 0 Å². The Morgan fingerprint density at radius 3 is 3.19 bits per heavy atom. The van der Waals surface area contributed by atoms with Crippen LogP contribution in [0.15, 0.2) is 36.8 Å². The molecule has 0 saturated carbocycles. The highest BCUT2D eigenvalue weighted by Gasteiger charge is 2.19. The highest BCUT2D eigenvalue weighted by atomic mass is 15.2. The van der Waals surface area contributed by atoms with Gasteiger partial charge in [-0.2, -0.15) is 5.10 Å². The van der Waals surface area contributed by atoms with Crippen LogP contribution in [0.5, 0.6) is 0 Å². The first-order valence-electron chi connectivity index (χ1n) is 7.37. The summed E-state index contributed by atoms with van der Waals surface area (Å²) in [5.41, 5.74) is 3.75. The minimum atomic E-state index is 0.548. The van der Waals surface area contributed by atoms with Gasteiger partial charge >= 0.3 is 0 Å². The van der Waals surface area contributed by atoms with Gasteiger partial charge in [-0.05, 0) is 30.4 Å². The molecule has 5 nitrogen and oxygen atoms in total. The molecule has 5 heteroatoms. The van der Waals surface area contributed by atoms with Crippen molar-refractivity contribution in [3.63, 3.8) is 0 Å². The lowest BCUT2D eigenvalue weighted by Crippen LogP contribution is -2.18. The number of aromatic amines is 1. The summed E-state index contributed by atoms with van der Waals surface area (Å²) in [4.78, 5) is 8.50. The van der Waals surface area contributed by atoms with Crippen LogP contribution in [0.25, 0.3) is 11.0 Å². The van der Waals surface area contributed by atoms with Gasteiger partial charge < -0.3 is 5.32 Å². The van der Waals surface area contributed by atoms with Crippen LogP contribution in [0, 0.1) is 0 Å². The fourth-order valence-electron chi connectivity index (χ4n) is 3.19. The zero-order valence-electron chi connectivity index (χ0n) is 11.7. The number of hydrogen-bond donors (Lipinski definition) is 2. The molecule has 1 atom stereocenters. The molecule has 1 aliphatic rings. The fraction of sp³-hybridized carbons (Fsp3) is 0.312. The molecule has 21 heavy (non-hydrogen) atoms. The van der Waals surface area contributed by atoms with E-state index in [9.17, 15) is 0 Å². The van der Waals surface area contributed by atoms with Crippen LogP contribution in [-0.4, -0.2) is 26.7 Å². The molecule has 2 N–H and O–H groups in total. The number of anilines is 1. The monoisotopic (exact) mass is 279 g/mol. The molecule has 0 spiro atoms. The number of hydrogen-bond acceptors (Lipinski definition) is 4. The quantitative estimate of drug-likeness (QED) is 0.773. The topological polar surface area (TPSA) is 66.5 Å². The Bertz CT molecular complexity index is 764. The third-order valence-electron chi connectivity index (χ3n) is 4.26. The molecule has 2 aromatic heterocycles. The normalized spacial score (nSPS) is 17.6. The third-order valence-corrected chi connectivity index (χ3v) is 4.26. The lowest BCUT2D eigenvalue weighted by atomic mass is 9.83. The first-order valence-corrected chi connectivity index (χ1v) is 7.37. The van der Waals surface area contributed by atoms with Crippen molar-refractivity contribution in [1.82, 2.24) is 20.2 Å². The number of fused-ring (bicyclic) bond motifs is 2. The minimum Gasteiger partial charge on any atom is -0.369 e. The second-order valence-corrected chi connectivity index (χ2v) is 5.52. The SMILES string of the molecule is c1ccc2c(c1)CCCC2CNc1ncnc2[nH]ncc12. The zero-order valence-corrected chi connectivity index (χ0v) is 11.7. The molecule has 0 aliphatic heterocycles. The second kappa shape index (κ2) is 5.16. The Kier molecular flexibility index (Phi) is 3.03. The van der Waals surface area contributed by atoms with E-state index in [0.717, 1.165) is 23.4 Å². The summed E-state index contributed by atoms with van der Waals surface area (Å²) in [5.74, 6) is 1.41. The fourth-order valence-corrected chi connectivity index (χ4v) is 3.19. The van der Waals surface area contributed by atoms with Crippen molar-refractivity contribution in [3.8, 4) is 0 Å². The van der Waals surface area contributed by atoms with Crippen LogP contribution in [-0.2, 0) is 6.42 Å². The Morgan fingerprint density at radius 1 is 1.24 bits per heavy atom. The van der Waals surface area contributed by atoms with Crippen molar-refractivity contribution in [3.05, 3.63) is 47.9 Å². The number of benzene rings is 1. The average molecular weight is 279 g/mol. The summed E-state index contributed by atoms with van der Waals surface area (Å²) in [6, 6.07) is 8.78. The molecule has 106 valence electrons. The highest BCUT2D eigenvalue weighted by Crippen LogP contribution is 2.31. The van der Waals surface area contributed by atoms with Gasteiger partial charge in [0.05, 0.1) is 11.6 Å². The van der Waals surface area contributed by atoms with Crippen LogP contribution in [0.4, 0.5) is 5.82 Å². The Balaban J connectivity index is 1.57. The number of nitrogens with zero attached hydrogens (tertiary/aromatic N) is 3. The number of H-pyrrole nitrogens is 1. The maximum Gasteiger partial charge on any atom is 0.160 e. The molecule has 1 unspecified atom stereocenters.